The molecule has 19 heavy (non-hydrogen) atoms. The zero-order valence-electron chi connectivity index (χ0n) is 11.6. The maximum Gasteiger partial charge on any atom is 0.0205 e. The lowest BCUT2D eigenvalue weighted by molar-refractivity contribution is 0.732. The van der Waals surface area contributed by atoms with Crippen LogP contribution in [0.5, 0.6) is 0 Å². The first-order chi connectivity index (χ1) is 9.25. The van der Waals surface area contributed by atoms with Crippen molar-refractivity contribution in [2.45, 2.75) is 25.3 Å². The largest absolute Gasteiger partial charge is 0.312 e. The third-order valence-electron chi connectivity index (χ3n) is 3.05. The van der Waals surface area contributed by atoms with Gasteiger partial charge in [-0.2, -0.15) is 0 Å². The summed E-state index contributed by atoms with van der Waals surface area (Å²) >= 11 is 1.93. The smallest absolute Gasteiger partial charge is 0.0205 e. The average Bonchev–Trinajstić information content (AvgIpc) is 2.43. The minimum atomic E-state index is 0.953. The third kappa shape index (κ3) is 4.73. The van der Waals surface area contributed by atoms with E-state index in [-0.39, 0.29) is 0 Å². The van der Waals surface area contributed by atoms with Gasteiger partial charge in [0.1, 0.15) is 0 Å². The Morgan fingerprint density at radius 3 is 2.58 bits per heavy atom. The van der Waals surface area contributed by atoms with Gasteiger partial charge < -0.3 is 5.32 Å². The molecule has 0 atom stereocenters. The standard InChI is InChI=1S/C17H21NS/c1-14-8-9-15(2)17(12-14)19-11-10-18-13-16-6-4-3-5-7-16/h3-9,12,18H,10-11,13H2,1-2H3. The maximum atomic E-state index is 3.49. The lowest BCUT2D eigenvalue weighted by atomic mass is 10.2. The predicted octanol–water partition coefficient (Wildman–Crippen LogP) is 4.19. The van der Waals surface area contributed by atoms with E-state index in [0.29, 0.717) is 0 Å². The lowest BCUT2D eigenvalue weighted by Crippen LogP contribution is -2.16. The van der Waals surface area contributed by atoms with Crippen LogP contribution >= 0.6 is 11.8 Å². The molecule has 2 rings (SSSR count). The fourth-order valence-electron chi connectivity index (χ4n) is 1.92. The fourth-order valence-corrected chi connectivity index (χ4v) is 2.96. The van der Waals surface area contributed by atoms with Gasteiger partial charge in [0.2, 0.25) is 0 Å². The van der Waals surface area contributed by atoms with E-state index in [0.717, 1.165) is 18.8 Å². The van der Waals surface area contributed by atoms with Gasteiger partial charge in [0.05, 0.1) is 0 Å². The predicted molar refractivity (Wildman–Crippen MR) is 84.8 cm³/mol. The van der Waals surface area contributed by atoms with Crippen molar-refractivity contribution in [2.24, 2.45) is 0 Å². The molecule has 1 nitrogen and oxygen atoms in total. The second-order valence-electron chi connectivity index (χ2n) is 4.78. The average molecular weight is 271 g/mol. The van der Waals surface area contributed by atoms with E-state index in [9.17, 15) is 0 Å². The van der Waals surface area contributed by atoms with Crippen molar-refractivity contribution in [3.63, 3.8) is 0 Å². The van der Waals surface area contributed by atoms with Gasteiger partial charge in [-0.25, -0.2) is 0 Å². The summed E-state index contributed by atoms with van der Waals surface area (Å²) in [6.45, 7) is 6.32. The van der Waals surface area contributed by atoms with Crippen LogP contribution < -0.4 is 5.32 Å². The van der Waals surface area contributed by atoms with Gasteiger partial charge in [-0.05, 0) is 31.0 Å². The molecule has 2 aromatic carbocycles. The molecule has 2 aromatic rings. The minimum absolute atomic E-state index is 0.953. The Morgan fingerprint density at radius 2 is 1.79 bits per heavy atom. The van der Waals surface area contributed by atoms with E-state index in [2.05, 4.69) is 67.7 Å². The molecule has 0 bridgehead atoms. The molecule has 0 aromatic heterocycles. The zero-order valence-corrected chi connectivity index (χ0v) is 12.5. The van der Waals surface area contributed by atoms with Crippen LogP contribution in [0.3, 0.4) is 0 Å². The molecule has 0 saturated carbocycles. The molecule has 0 spiro atoms. The monoisotopic (exact) mass is 271 g/mol. The number of hydrogen-bond donors (Lipinski definition) is 1. The van der Waals surface area contributed by atoms with Crippen molar-refractivity contribution in [1.29, 1.82) is 0 Å². The Balaban J connectivity index is 1.71. The number of hydrogen-bond acceptors (Lipinski definition) is 2. The highest BCUT2D eigenvalue weighted by molar-refractivity contribution is 7.99. The molecule has 2 heteroatoms. The first-order valence-electron chi connectivity index (χ1n) is 6.70. The molecule has 0 unspecified atom stereocenters. The molecule has 0 fully saturated rings. The first-order valence-corrected chi connectivity index (χ1v) is 7.69. The number of benzene rings is 2. The molecule has 0 aliphatic carbocycles. The van der Waals surface area contributed by atoms with Gasteiger partial charge in [0.25, 0.3) is 0 Å². The quantitative estimate of drug-likeness (QED) is 0.624. The molecule has 100 valence electrons. The summed E-state index contributed by atoms with van der Waals surface area (Å²) < 4.78 is 0. The zero-order chi connectivity index (χ0) is 13.5. The van der Waals surface area contributed by atoms with Crippen LogP contribution in [0.4, 0.5) is 0 Å². The van der Waals surface area contributed by atoms with Gasteiger partial charge in [0, 0.05) is 23.7 Å². The Bertz CT molecular complexity index is 508. The number of thioether (sulfide) groups is 1. The van der Waals surface area contributed by atoms with E-state index >= 15 is 0 Å². The normalized spacial score (nSPS) is 10.6. The first kappa shape index (κ1) is 14.2. The highest BCUT2D eigenvalue weighted by Gasteiger charge is 1.99. The molecule has 0 aliphatic heterocycles. The van der Waals surface area contributed by atoms with Crippen molar-refractivity contribution in [1.82, 2.24) is 5.32 Å². The van der Waals surface area contributed by atoms with Crippen LogP contribution in [0.15, 0.2) is 53.4 Å². The summed E-state index contributed by atoms with van der Waals surface area (Å²) in [5.41, 5.74) is 4.06. The Labute approximate surface area is 120 Å². The van der Waals surface area contributed by atoms with E-state index < -0.39 is 0 Å². The van der Waals surface area contributed by atoms with Crippen LogP contribution in [-0.4, -0.2) is 12.3 Å². The van der Waals surface area contributed by atoms with Gasteiger partial charge in [-0.1, -0.05) is 48.0 Å². The van der Waals surface area contributed by atoms with Crippen LogP contribution in [0, 0.1) is 13.8 Å². The Kier molecular flexibility index (Phi) is 5.49. The van der Waals surface area contributed by atoms with E-state index in [1.165, 1.54) is 21.6 Å². The summed E-state index contributed by atoms with van der Waals surface area (Å²) in [5.74, 6) is 1.11. The Hall–Kier alpha value is -1.25. The SMILES string of the molecule is Cc1ccc(C)c(SCCNCc2ccccc2)c1. The second kappa shape index (κ2) is 7.37. The van der Waals surface area contributed by atoms with Crippen molar-refractivity contribution in [2.75, 3.05) is 12.3 Å². The Morgan fingerprint density at radius 1 is 1.00 bits per heavy atom. The number of nitrogens with one attached hydrogen (secondary N) is 1. The molecular weight excluding hydrogens is 250 g/mol. The molecule has 0 heterocycles. The van der Waals surface area contributed by atoms with E-state index in [1.807, 2.05) is 11.8 Å². The maximum absolute atomic E-state index is 3.49. The summed E-state index contributed by atoms with van der Waals surface area (Å²) in [7, 11) is 0. The molecule has 0 aliphatic rings. The van der Waals surface area contributed by atoms with E-state index in [1.54, 1.807) is 0 Å². The summed E-state index contributed by atoms with van der Waals surface area (Å²) in [5, 5.41) is 3.49. The summed E-state index contributed by atoms with van der Waals surface area (Å²) in [6.07, 6.45) is 0. The molecule has 1 N–H and O–H groups in total. The number of aryl methyl sites for hydroxylation is 2. The second-order valence-corrected chi connectivity index (χ2v) is 5.92. The number of rotatable bonds is 6. The summed E-state index contributed by atoms with van der Waals surface area (Å²) in [4.78, 5) is 1.40. The van der Waals surface area contributed by atoms with Crippen molar-refractivity contribution < 1.29 is 0 Å². The lowest BCUT2D eigenvalue weighted by Gasteiger charge is -2.08. The molecule has 0 amide bonds. The third-order valence-corrected chi connectivity index (χ3v) is 4.21. The van der Waals surface area contributed by atoms with Gasteiger partial charge in [-0.3, -0.25) is 0 Å². The molecule has 0 radical (unpaired) electrons. The summed E-state index contributed by atoms with van der Waals surface area (Å²) in [6, 6.07) is 17.2. The highest BCUT2D eigenvalue weighted by atomic mass is 32.2. The van der Waals surface area contributed by atoms with Gasteiger partial charge >= 0.3 is 0 Å². The molecule has 0 saturated heterocycles. The minimum Gasteiger partial charge on any atom is -0.312 e. The van der Waals surface area contributed by atoms with Gasteiger partial charge in [0.15, 0.2) is 0 Å². The van der Waals surface area contributed by atoms with Gasteiger partial charge in [-0.15, -0.1) is 11.8 Å². The molecular formula is C17H21NS. The van der Waals surface area contributed by atoms with Crippen molar-refractivity contribution in [3.05, 3.63) is 65.2 Å². The van der Waals surface area contributed by atoms with E-state index in [4.69, 9.17) is 0 Å². The highest BCUT2D eigenvalue weighted by Crippen LogP contribution is 2.22. The van der Waals surface area contributed by atoms with Crippen LogP contribution in [0.2, 0.25) is 0 Å². The fraction of sp³-hybridized carbons (Fsp3) is 0.294. The van der Waals surface area contributed by atoms with Crippen molar-refractivity contribution in [3.8, 4) is 0 Å². The topological polar surface area (TPSA) is 12.0 Å². The van der Waals surface area contributed by atoms with Crippen LogP contribution in [0.25, 0.3) is 0 Å². The van der Waals surface area contributed by atoms with Crippen LogP contribution in [-0.2, 0) is 6.54 Å². The van der Waals surface area contributed by atoms with Crippen molar-refractivity contribution >= 4 is 11.8 Å². The van der Waals surface area contributed by atoms with Crippen LogP contribution in [0.1, 0.15) is 16.7 Å².